The molecular weight excluding hydrogens is 369 g/mol. The fourth-order valence-electron chi connectivity index (χ4n) is 3.16. The Hall–Kier alpha value is -3.47. The van der Waals surface area contributed by atoms with E-state index in [1.165, 1.54) is 18.2 Å². The number of carbonyl (C=O) groups is 2. The number of ketones is 1. The minimum absolute atomic E-state index is 0.308. The second-order valence-electron chi connectivity index (χ2n) is 6.87. The molecule has 148 valence electrons. The molecule has 1 heterocycles. The minimum atomic E-state index is -0.585. The molecule has 0 saturated heterocycles. The third kappa shape index (κ3) is 4.88. The standard InChI is InChI=1S/C24H22FNO3/c1-16-7-9-19(10-8-16)11-12-24(28)29-15-23(27)22-13-17(2)26(18(22)3)21-6-4-5-20(25)14-21/h4-14H,15H2,1-3H3/b12-11+. The van der Waals surface area contributed by atoms with Crippen LogP contribution >= 0.6 is 0 Å². The molecule has 0 amide bonds. The van der Waals surface area contributed by atoms with Crippen LogP contribution in [0.5, 0.6) is 0 Å². The molecule has 0 fully saturated rings. The highest BCUT2D eigenvalue weighted by Crippen LogP contribution is 2.22. The van der Waals surface area contributed by atoms with Crippen molar-refractivity contribution >= 4 is 17.8 Å². The summed E-state index contributed by atoms with van der Waals surface area (Å²) in [5.74, 6) is -1.24. The summed E-state index contributed by atoms with van der Waals surface area (Å²) in [6.07, 6.45) is 2.94. The lowest BCUT2D eigenvalue weighted by atomic mass is 10.1. The molecule has 0 bridgehead atoms. The molecule has 0 unspecified atom stereocenters. The number of aromatic nitrogens is 1. The van der Waals surface area contributed by atoms with Crippen molar-refractivity contribution in [3.05, 3.63) is 94.6 Å². The Kier molecular flexibility index (Phi) is 6.07. The van der Waals surface area contributed by atoms with Gasteiger partial charge in [0.25, 0.3) is 0 Å². The Labute approximate surface area is 169 Å². The maximum atomic E-state index is 13.6. The van der Waals surface area contributed by atoms with E-state index >= 15 is 0 Å². The predicted octanol–water partition coefficient (Wildman–Crippen LogP) is 4.98. The molecule has 0 radical (unpaired) electrons. The second kappa shape index (κ2) is 8.69. The average molecular weight is 391 g/mol. The van der Waals surface area contributed by atoms with E-state index in [0.717, 1.165) is 16.8 Å². The van der Waals surface area contributed by atoms with Crippen molar-refractivity contribution in [2.45, 2.75) is 20.8 Å². The summed E-state index contributed by atoms with van der Waals surface area (Å²) in [6.45, 7) is 5.25. The average Bonchev–Trinajstić information content (AvgIpc) is 3.00. The van der Waals surface area contributed by atoms with Crippen LogP contribution in [0.15, 0.2) is 60.7 Å². The van der Waals surface area contributed by atoms with Gasteiger partial charge in [-0.15, -0.1) is 0 Å². The zero-order valence-electron chi connectivity index (χ0n) is 16.6. The zero-order chi connectivity index (χ0) is 21.0. The maximum Gasteiger partial charge on any atom is 0.331 e. The van der Waals surface area contributed by atoms with Crippen LogP contribution in [0.1, 0.15) is 32.9 Å². The maximum absolute atomic E-state index is 13.6. The van der Waals surface area contributed by atoms with Crippen LogP contribution in [0.25, 0.3) is 11.8 Å². The number of nitrogens with zero attached hydrogens (tertiary/aromatic N) is 1. The lowest BCUT2D eigenvalue weighted by Crippen LogP contribution is -2.13. The highest BCUT2D eigenvalue weighted by atomic mass is 19.1. The van der Waals surface area contributed by atoms with Gasteiger partial charge in [-0.1, -0.05) is 35.9 Å². The van der Waals surface area contributed by atoms with Crippen LogP contribution in [0, 0.1) is 26.6 Å². The number of esters is 1. The van der Waals surface area contributed by atoms with E-state index in [2.05, 4.69) is 0 Å². The van der Waals surface area contributed by atoms with Crippen LogP contribution in [0.3, 0.4) is 0 Å². The smallest absolute Gasteiger partial charge is 0.331 e. The topological polar surface area (TPSA) is 48.3 Å². The summed E-state index contributed by atoms with van der Waals surface area (Å²) >= 11 is 0. The highest BCUT2D eigenvalue weighted by molar-refractivity contribution is 6.00. The number of Topliss-reactive ketones (excluding diaryl/α,β-unsaturated/α-hetero) is 1. The molecule has 2 aromatic carbocycles. The van der Waals surface area contributed by atoms with Gasteiger partial charge in [-0.05, 0) is 56.7 Å². The monoisotopic (exact) mass is 391 g/mol. The normalized spacial score (nSPS) is 11.0. The molecule has 3 rings (SSSR count). The van der Waals surface area contributed by atoms with Gasteiger partial charge >= 0.3 is 5.97 Å². The van der Waals surface area contributed by atoms with Gasteiger partial charge in [-0.25, -0.2) is 9.18 Å². The van der Waals surface area contributed by atoms with Crippen LogP contribution in [-0.2, 0) is 9.53 Å². The second-order valence-corrected chi connectivity index (χ2v) is 6.87. The van der Waals surface area contributed by atoms with E-state index < -0.39 is 5.97 Å². The summed E-state index contributed by atoms with van der Waals surface area (Å²) in [4.78, 5) is 24.5. The Morgan fingerprint density at radius 3 is 2.45 bits per heavy atom. The number of benzene rings is 2. The Morgan fingerprint density at radius 2 is 1.76 bits per heavy atom. The van der Waals surface area contributed by atoms with Gasteiger partial charge in [0.1, 0.15) is 5.82 Å². The van der Waals surface area contributed by atoms with E-state index in [9.17, 15) is 14.0 Å². The fourth-order valence-corrected chi connectivity index (χ4v) is 3.16. The van der Waals surface area contributed by atoms with Gasteiger partial charge in [0, 0.05) is 28.7 Å². The van der Waals surface area contributed by atoms with Crippen molar-refractivity contribution in [3.8, 4) is 5.69 Å². The van der Waals surface area contributed by atoms with Crippen LogP contribution in [0.4, 0.5) is 4.39 Å². The molecule has 0 spiro atoms. The van der Waals surface area contributed by atoms with Gasteiger partial charge in [-0.3, -0.25) is 4.79 Å². The van der Waals surface area contributed by atoms with Gasteiger partial charge in [0.05, 0.1) is 0 Å². The van der Waals surface area contributed by atoms with E-state index in [4.69, 9.17) is 4.74 Å². The summed E-state index contributed by atoms with van der Waals surface area (Å²) in [7, 11) is 0. The third-order valence-corrected chi connectivity index (χ3v) is 4.63. The van der Waals surface area contributed by atoms with Gasteiger partial charge in [0.2, 0.25) is 5.78 Å². The van der Waals surface area contributed by atoms with E-state index in [-0.39, 0.29) is 18.2 Å². The number of ether oxygens (including phenoxy) is 1. The predicted molar refractivity (Wildman–Crippen MR) is 111 cm³/mol. The van der Waals surface area contributed by atoms with Crippen LogP contribution in [-0.4, -0.2) is 22.9 Å². The van der Waals surface area contributed by atoms with Crippen LogP contribution < -0.4 is 0 Å². The quantitative estimate of drug-likeness (QED) is 0.338. The lowest BCUT2D eigenvalue weighted by molar-refractivity contribution is -0.136. The number of hydrogen-bond acceptors (Lipinski definition) is 3. The molecule has 0 saturated carbocycles. The van der Waals surface area contributed by atoms with Crippen molar-refractivity contribution < 1.29 is 18.7 Å². The largest absolute Gasteiger partial charge is 0.454 e. The summed E-state index contributed by atoms with van der Waals surface area (Å²) in [5.41, 5.74) is 4.55. The summed E-state index contributed by atoms with van der Waals surface area (Å²) < 4.78 is 20.5. The molecule has 0 N–H and O–H groups in total. The zero-order valence-corrected chi connectivity index (χ0v) is 16.6. The lowest BCUT2D eigenvalue weighted by Gasteiger charge is -2.10. The Morgan fingerprint density at radius 1 is 1.03 bits per heavy atom. The molecule has 1 aromatic heterocycles. The first kappa shape index (κ1) is 20.3. The third-order valence-electron chi connectivity index (χ3n) is 4.63. The number of aryl methyl sites for hydroxylation is 2. The number of carbonyl (C=O) groups excluding carboxylic acids is 2. The molecule has 0 atom stereocenters. The Balaban J connectivity index is 1.67. The van der Waals surface area contributed by atoms with Crippen molar-refractivity contribution in [3.63, 3.8) is 0 Å². The number of rotatable bonds is 6. The van der Waals surface area contributed by atoms with Gasteiger partial charge in [-0.2, -0.15) is 0 Å². The summed E-state index contributed by atoms with van der Waals surface area (Å²) in [6, 6.07) is 15.6. The van der Waals surface area contributed by atoms with E-state index in [0.29, 0.717) is 16.9 Å². The van der Waals surface area contributed by atoms with Crippen molar-refractivity contribution in [1.29, 1.82) is 0 Å². The molecular formula is C24H22FNO3. The number of hydrogen-bond donors (Lipinski definition) is 0. The molecule has 0 aliphatic carbocycles. The fraction of sp³-hybridized carbons (Fsp3) is 0.167. The first-order valence-electron chi connectivity index (χ1n) is 9.25. The molecule has 29 heavy (non-hydrogen) atoms. The van der Waals surface area contributed by atoms with Crippen LogP contribution in [0.2, 0.25) is 0 Å². The first-order chi connectivity index (χ1) is 13.8. The highest BCUT2D eigenvalue weighted by Gasteiger charge is 2.18. The molecule has 4 nitrogen and oxygen atoms in total. The first-order valence-corrected chi connectivity index (χ1v) is 9.25. The van der Waals surface area contributed by atoms with Crippen molar-refractivity contribution in [2.24, 2.45) is 0 Å². The van der Waals surface area contributed by atoms with Gasteiger partial charge in [0.15, 0.2) is 6.61 Å². The van der Waals surface area contributed by atoms with Crippen molar-refractivity contribution in [1.82, 2.24) is 4.57 Å². The molecule has 0 aliphatic rings. The molecule has 0 aliphatic heterocycles. The molecule has 3 aromatic rings. The van der Waals surface area contributed by atoms with E-state index in [1.54, 1.807) is 35.8 Å². The minimum Gasteiger partial charge on any atom is -0.454 e. The Bertz CT molecular complexity index is 1080. The summed E-state index contributed by atoms with van der Waals surface area (Å²) in [5, 5.41) is 0. The van der Waals surface area contributed by atoms with Gasteiger partial charge < -0.3 is 9.30 Å². The SMILES string of the molecule is Cc1ccc(/C=C/C(=O)OCC(=O)c2cc(C)n(-c3cccc(F)c3)c2C)cc1. The van der Waals surface area contributed by atoms with E-state index in [1.807, 2.05) is 38.1 Å². The molecule has 5 heteroatoms. The van der Waals surface area contributed by atoms with Crippen molar-refractivity contribution in [2.75, 3.05) is 6.61 Å². The number of halogens is 1.